The summed E-state index contributed by atoms with van der Waals surface area (Å²) < 4.78 is 6.34. The van der Waals surface area contributed by atoms with Crippen molar-refractivity contribution in [3.63, 3.8) is 0 Å². The van der Waals surface area contributed by atoms with Gasteiger partial charge < -0.3 is 9.32 Å². The molecule has 2 nitrogen and oxygen atoms in total. The Bertz CT molecular complexity index is 3320. The molecule has 1 aromatic heterocycles. The zero-order valence-electron chi connectivity index (χ0n) is 32.2. The summed E-state index contributed by atoms with van der Waals surface area (Å²) in [5.74, 6) is 0. The van der Waals surface area contributed by atoms with Gasteiger partial charge in [0, 0.05) is 27.8 Å². The number of rotatable bonds is 6. The van der Waals surface area contributed by atoms with Crippen LogP contribution in [0, 0.1) is 0 Å². The van der Waals surface area contributed by atoms with E-state index in [9.17, 15) is 0 Å². The molecule has 1 aliphatic rings. The van der Waals surface area contributed by atoms with Gasteiger partial charge in [0.25, 0.3) is 0 Å². The summed E-state index contributed by atoms with van der Waals surface area (Å²) in [6, 6.07) is 81.9. The van der Waals surface area contributed by atoms with Crippen molar-refractivity contribution >= 4 is 60.5 Å². The minimum Gasteiger partial charge on any atom is -0.456 e. The van der Waals surface area contributed by atoms with Crippen LogP contribution in [0.4, 0.5) is 17.1 Å². The Morgan fingerprint density at radius 3 is 1.58 bits per heavy atom. The molecule has 0 N–H and O–H groups in total. The van der Waals surface area contributed by atoms with Crippen molar-refractivity contribution in [1.82, 2.24) is 0 Å². The zero-order valence-corrected chi connectivity index (χ0v) is 32.2. The highest BCUT2D eigenvalue weighted by Gasteiger charge is 2.45. The third kappa shape index (κ3) is 5.13. The van der Waals surface area contributed by atoms with Gasteiger partial charge in [-0.15, -0.1) is 0 Å². The normalized spacial score (nSPS) is 12.9. The van der Waals surface area contributed by atoms with Crippen molar-refractivity contribution in [2.45, 2.75) is 5.41 Å². The van der Waals surface area contributed by atoms with Crippen LogP contribution < -0.4 is 4.90 Å². The van der Waals surface area contributed by atoms with E-state index in [4.69, 9.17) is 4.42 Å². The summed E-state index contributed by atoms with van der Waals surface area (Å²) in [5, 5.41) is 7.07. The van der Waals surface area contributed by atoms with Crippen LogP contribution in [-0.2, 0) is 5.41 Å². The lowest BCUT2D eigenvalue weighted by Crippen LogP contribution is -2.28. The summed E-state index contributed by atoms with van der Waals surface area (Å²) >= 11 is 0. The van der Waals surface area contributed by atoms with Gasteiger partial charge in [0.15, 0.2) is 0 Å². The second-order valence-electron chi connectivity index (χ2n) is 15.6. The lowest BCUT2D eigenvalue weighted by atomic mass is 9.68. The van der Waals surface area contributed by atoms with Gasteiger partial charge in [0.05, 0.1) is 5.41 Å². The minimum atomic E-state index is -0.454. The average Bonchev–Trinajstić information content (AvgIpc) is 3.83. The van der Waals surface area contributed by atoms with Gasteiger partial charge in [0.1, 0.15) is 11.2 Å². The summed E-state index contributed by atoms with van der Waals surface area (Å²) in [5.41, 5.74) is 14.8. The third-order valence-electron chi connectivity index (χ3n) is 12.5. The largest absolute Gasteiger partial charge is 0.456 e. The fourth-order valence-corrected chi connectivity index (χ4v) is 9.86. The molecule has 59 heavy (non-hydrogen) atoms. The molecule has 2 heteroatoms. The molecule has 0 amide bonds. The molecule has 0 bridgehead atoms. The Balaban J connectivity index is 1.02. The van der Waals surface area contributed by atoms with Crippen molar-refractivity contribution in [2.75, 3.05) is 4.90 Å². The van der Waals surface area contributed by atoms with Gasteiger partial charge in [-0.3, -0.25) is 0 Å². The zero-order chi connectivity index (χ0) is 38.9. The number of anilines is 3. The summed E-state index contributed by atoms with van der Waals surface area (Å²) in [4.78, 5) is 2.39. The fourth-order valence-electron chi connectivity index (χ4n) is 9.86. The number of hydrogen-bond acceptors (Lipinski definition) is 2. The van der Waals surface area contributed by atoms with E-state index >= 15 is 0 Å². The van der Waals surface area contributed by atoms with Gasteiger partial charge >= 0.3 is 0 Å². The molecule has 0 unspecified atom stereocenters. The highest BCUT2D eigenvalue weighted by molar-refractivity contribution is 6.16. The van der Waals surface area contributed by atoms with Crippen molar-refractivity contribution in [3.05, 3.63) is 247 Å². The Morgan fingerprint density at radius 1 is 0.322 bits per heavy atom. The van der Waals surface area contributed by atoms with Crippen LogP contribution in [0.15, 0.2) is 229 Å². The first-order valence-electron chi connectivity index (χ1n) is 20.3. The quantitative estimate of drug-likeness (QED) is 0.157. The van der Waals surface area contributed by atoms with E-state index in [0.717, 1.165) is 39.0 Å². The first-order valence-corrected chi connectivity index (χ1v) is 20.3. The third-order valence-corrected chi connectivity index (χ3v) is 12.5. The maximum atomic E-state index is 6.34. The number of nitrogens with zero attached hydrogens (tertiary/aromatic N) is 1. The standard InChI is InChI=1S/C57H37NO/c1-3-13-38(14-4-1)39-25-29-44(30-26-39)58(46-33-34-47-40(35-46)23-24-41-36-52-50-19-9-12-22-55(50)59-56(52)37-51(41)47)45-31-27-43(28-32-45)57(42-15-5-2-6-16-42)53-20-10-7-17-48(53)49-18-8-11-21-54(49)57/h1-37H. The Hall–Kier alpha value is -7.68. The van der Waals surface area contributed by atoms with E-state index in [-0.39, 0.29) is 0 Å². The highest BCUT2D eigenvalue weighted by atomic mass is 16.3. The summed E-state index contributed by atoms with van der Waals surface area (Å²) in [7, 11) is 0. The molecule has 11 aromatic rings. The van der Waals surface area contributed by atoms with E-state index < -0.39 is 5.41 Å². The SMILES string of the molecule is c1ccc(-c2ccc(N(c3ccc(C4(c5ccccc5)c5ccccc5-c5ccccc54)cc3)c3ccc4c(ccc5cc6c(cc54)oc4ccccc46)c3)cc2)cc1. The highest BCUT2D eigenvalue weighted by Crippen LogP contribution is 2.56. The molecular formula is C57H37NO. The molecule has 276 valence electrons. The van der Waals surface area contributed by atoms with Crippen LogP contribution >= 0.6 is 0 Å². The van der Waals surface area contributed by atoms with Crippen LogP contribution in [0.3, 0.4) is 0 Å². The number of para-hydroxylation sites is 1. The van der Waals surface area contributed by atoms with Crippen molar-refractivity contribution < 1.29 is 4.42 Å². The number of benzene rings is 10. The maximum absolute atomic E-state index is 6.34. The first kappa shape index (κ1) is 33.5. The predicted octanol–water partition coefficient (Wildman–Crippen LogP) is 15.4. The molecule has 1 aliphatic carbocycles. The molecule has 0 spiro atoms. The van der Waals surface area contributed by atoms with Gasteiger partial charge in [-0.05, 0) is 121 Å². The summed E-state index contributed by atoms with van der Waals surface area (Å²) in [6.07, 6.45) is 0. The molecule has 0 radical (unpaired) electrons. The van der Waals surface area contributed by atoms with Crippen LogP contribution in [-0.4, -0.2) is 0 Å². The van der Waals surface area contributed by atoms with Gasteiger partial charge in [-0.1, -0.05) is 170 Å². The van der Waals surface area contributed by atoms with Crippen LogP contribution in [0.25, 0.3) is 65.7 Å². The second kappa shape index (κ2) is 13.2. The maximum Gasteiger partial charge on any atom is 0.136 e. The number of furan rings is 1. The van der Waals surface area contributed by atoms with Crippen LogP contribution in [0.2, 0.25) is 0 Å². The molecule has 10 aromatic carbocycles. The fraction of sp³-hybridized carbons (Fsp3) is 0.0175. The van der Waals surface area contributed by atoms with Gasteiger partial charge in [-0.2, -0.15) is 0 Å². The Morgan fingerprint density at radius 2 is 0.864 bits per heavy atom. The van der Waals surface area contributed by atoms with Gasteiger partial charge in [0.2, 0.25) is 0 Å². The van der Waals surface area contributed by atoms with E-state index in [1.54, 1.807) is 0 Å². The topological polar surface area (TPSA) is 16.4 Å². The Kier molecular flexibility index (Phi) is 7.48. The lowest BCUT2D eigenvalue weighted by Gasteiger charge is -2.34. The molecule has 0 fully saturated rings. The molecule has 1 heterocycles. The van der Waals surface area contributed by atoms with Crippen molar-refractivity contribution in [2.24, 2.45) is 0 Å². The van der Waals surface area contributed by atoms with E-state index in [1.807, 2.05) is 12.1 Å². The minimum absolute atomic E-state index is 0.454. The molecule has 0 atom stereocenters. The number of hydrogen-bond donors (Lipinski definition) is 0. The Labute approximate surface area is 342 Å². The summed E-state index contributed by atoms with van der Waals surface area (Å²) in [6.45, 7) is 0. The van der Waals surface area contributed by atoms with E-state index in [2.05, 4.69) is 217 Å². The first-order chi connectivity index (χ1) is 29.2. The molecule has 12 rings (SSSR count). The molecule has 0 saturated carbocycles. The van der Waals surface area contributed by atoms with Crippen LogP contribution in [0.1, 0.15) is 22.3 Å². The van der Waals surface area contributed by atoms with Gasteiger partial charge in [-0.25, -0.2) is 0 Å². The average molecular weight is 752 g/mol. The number of fused-ring (bicyclic) bond motifs is 9. The molecule has 0 saturated heterocycles. The van der Waals surface area contributed by atoms with E-state index in [0.29, 0.717) is 0 Å². The monoisotopic (exact) mass is 751 g/mol. The smallest absolute Gasteiger partial charge is 0.136 e. The second-order valence-corrected chi connectivity index (χ2v) is 15.6. The van der Waals surface area contributed by atoms with Crippen molar-refractivity contribution in [3.8, 4) is 22.3 Å². The predicted molar refractivity (Wildman–Crippen MR) is 246 cm³/mol. The van der Waals surface area contributed by atoms with E-state index in [1.165, 1.54) is 66.1 Å². The van der Waals surface area contributed by atoms with Crippen LogP contribution in [0.5, 0.6) is 0 Å². The van der Waals surface area contributed by atoms with Crippen molar-refractivity contribution in [1.29, 1.82) is 0 Å². The molecular weight excluding hydrogens is 715 g/mol. The lowest BCUT2D eigenvalue weighted by molar-refractivity contribution is 0.669. The molecule has 0 aliphatic heterocycles.